The lowest BCUT2D eigenvalue weighted by Crippen LogP contribution is -2.78. The quantitative estimate of drug-likeness (QED) is 0.673. The predicted molar refractivity (Wildman–Crippen MR) is 84.3 cm³/mol. The molecule has 2 heterocycles. The number of fused-ring (bicyclic) bond motifs is 2. The average Bonchev–Trinajstić information content (AvgIpc) is 2.56. The van der Waals surface area contributed by atoms with Crippen LogP contribution in [0.2, 0.25) is 0 Å². The van der Waals surface area contributed by atoms with Gasteiger partial charge in [0.25, 0.3) is 0 Å². The van der Waals surface area contributed by atoms with Gasteiger partial charge >= 0.3 is 6.56 Å². The van der Waals surface area contributed by atoms with E-state index in [1.54, 1.807) is 10.7 Å². The highest BCUT2D eigenvalue weighted by Gasteiger charge is 2.43. The number of halogens is 1. The highest BCUT2D eigenvalue weighted by atomic mass is 19.1. The topological polar surface area (TPSA) is 15.9 Å². The van der Waals surface area contributed by atoms with Crippen LogP contribution in [0.4, 0.5) is 15.8 Å². The molecule has 4 rings (SSSR count). The molecule has 1 aliphatic heterocycles. The zero-order valence-electron chi connectivity index (χ0n) is 11.4. The third-order valence-electron chi connectivity index (χ3n) is 4.15. The van der Waals surface area contributed by atoms with Gasteiger partial charge in [0.15, 0.2) is 0 Å². The first kappa shape index (κ1) is 12.2. The zero-order valence-corrected chi connectivity index (χ0v) is 11.4. The number of para-hydroxylation sites is 1. The minimum atomic E-state index is -2.51. The van der Waals surface area contributed by atoms with Gasteiger partial charge < -0.3 is 8.79 Å². The van der Waals surface area contributed by atoms with Crippen LogP contribution in [0.15, 0.2) is 79.0 Å². The second-order valence-corrected chi connectivity index (χ2v) is 5.33. The average molecular weight is 276 g/mol. The number of hydrogen-bond donors (Lipinski definition) is 1. The summed E-state index contributed by atoms with van der Waals surface area (Å²) in [6, 6.07) is 22.6. The largest absolute Gasteiger partial charge is 0.456 e. The van der Waals surface area contributed by atoms with Gasteiger partial charge in [0.1, 0.15) is 0 Å². The molecular formula is C17H14BFN2. The van der Waals surface area contributed by atoms with E-state index >= 15 is 4.32 Å². The Labute approximate surface area is 122 Å². The molecule has 102 valence electrons. The Morgan fingerprint density at radius 3 is 2.38 bits per heavy atom. The van der Waals surface area contributed by atoms with Crippen LogP contribution < -0.4 is 20.7 Å². The molecule has 0 amide bonds. The van der Waals surface area contributed by atoms with Gasteiger partial charge in [-0.3, -0.25) is 0 Å². The molecule has 0 spiro atoms. The summed E-state index contributed by atoms with van der Waals surface area (Å²) in [5.74, 6) is 0.766. The SMILES string of the molecule is F[B@-]1(c2ccccc2)c2ccccc2Nc2cccc[n+]21. The van der Waals surface area contributed by atoms with E-state index in [1.165, 1.54) is 0 Å². The van der Waals surface area contributed by atoms with Gasteiger partial charge in [0.05, 0.1) is 5.69 Å². The molecule has 0 radical (unpaired) electrons. The molecule has 0 saturated heterocycles. The maximum atomic E-state index is 16.3. The van der Waals surface area contributed by atoms with Crippen molar-refractivity contribution < 1.29 is 8.79 Å². The van der Waals surface area contributed by atoms with Gasteiger partial charge in [0, 0.05) is 12.3 Å². The molecule has 2 aromatic carbocycles. The van der Waals surface area contributed by atoms with Crippen molar-refractivity contribution in [3.63, 3.8) is 0 Å². The van der Waals surface area contributed by atoms with Gasteiger partial charge in [-0.05, 0) is 12.1 Å². The van der Waals surface area contributed by atoms with Crippen molar-refractivity contribution in [1.29, 1.82) is 0 Å². The van der Waals surface area contributed by atoms with Crippen molar-refractivity contribution in [3.8, 4) is 0 Å². The Morgan fingerprint density at radius 2 is 1.52 bits per heavy atom. The Hall–Kier alpha value is -2.62. The van der Waals surface area contributed by atoms with Crippen LogP contribution in [-0.4, -0.2) is 6.56 Å². The first-order chi connectivity index (χ1) is 10.3. The van der Waals surface area contributed by atoms with Gasteiger partial charge in [0.2, 0.25) is 5.82 Å². The fourth-order valence-corrected chi connectivity index (χ4v) is 3.15. The minimum Gasteiger partial charge on any atom is -0.456 e. The Kier molecular flexibility index (Phi) is 2.57. The summed E-state index contributed by atoms with van der Waals surface area (Å²) in [5, 5.41) is 3.30. The molecule has 0 unspecified atom stereocenters. The fourth-order valence-electron chi connectivity index (χ4n) is 3.15. The highest BCUT2D eigenvalue weighted by Crippen LogP contribution is 2.21. The molecule has 2 nitrogen and oxygen atoms in total. The van der Waals surface area contributed by atoms with E-state index in [-0.39, 0.29) is 0 Å². The normalized spacial score (nSPS) is 19.3. The number of rotatable bonds is 1. The second-order valence-electron chi connectivity index (χ2n) is 5.33. The maximum absolute atomic E-state index is 16.3. The van der Waals surface area contributed by atoms with Crippen molar-refractivity contribution in [2.24, 2.45) is 0 Å². The number of benzene rings is 2. The number of aromatic nitrogens is 1. The van der Waals surface area contributed by atoms with E-state index in [0.717, 1.165) is 11.5 Å². The predicted octanol–water partition coefficient (Wildman–Crippen LogP) is 2.11. The van der Waals surface area contributed by atoms with E-state index in [4.69, 9.17) is 0 Å². The van der Waals surface area contributed by atoms with Crippen LogP contribution in [0.5, 0.6) is 0 Å². The number of nitrogens with one attached hydrogen (secondary N) is 1. The molecular weight excluding hydrogens is 262 g/mol. The van der Waals surface area contributed by atoms with Crippen LogP contribution in [-0.2, 0) is 0 Å². The molecule has 0 aliphatic carbocycles. The van der Waals surface area contributed by atoms with Crippen LogP contribution in [0.3, 0.4) is 0 Å². The third-order valence-corrected chi connectivity index (χ3v) is 4.15. The molecule has 0 saturated carbocycles. The summed E-state index contributed by atoms with van der Waals surface area (Å²) in [7, 11) is 0. The van der Waals surface area contributed by atoms with E-state index in [2.05, 4.69) is 5.32 Å². The van der Waals surface area contributed by atoms with E-state index in [0.29, 0.717) is 10.9 Å². The van der Waals surface area contributed by atoms with Gasteiger partial charge in [-0.1, -0.05) is 60.1 Å². The molecule has 4 heteroatoms. The Bertz CT molecular complexity index is 759. The molecule has 3 aromatic rings. The van der Waals surface area contributed by atoms with Crippen molar-refractivity contribution >= 4 is 29.0 Å². The van der Waals surface area contributed by atoms with Crippen LogP contribution in [0.25, 0.3) is 0 Å². The molecule has 1 N–H and O–H groups in total. The lowest BCUT2D eigenvalue weighted by atomic mass is 9.43. The van der Waals surface area contributed by atoms with Crippen LogP contribution >= 0.6 is 0 Å². The molecule has 0 bridgehead atoms. The van der Waals surface area contributed by atoms with Gasteiger partial charge in [-0.25, -0.2) is 5.32 Å². The van der Waals surface area contributed by atoms with Crippen LogP contribution in [0, 0.1) is 0 Å². The molecule has 1 aliphatic rings. The van der Waals surface area contributed by atoms with E-state index < -0.39 is 6.56 Å². The Morgan fingerprint density at radius 1 is 0.810 bits per heavy atom. The smallest absolute Gasteiger partial charge is 0.407 e. The van der Waals surface area contributed by atoms with E-state index in [1.807, 2.05) is 72.8 Å². The number of pyridine rings is 1. The fraction of sp³-hybridized carbons (Fsp3) is 0. The highest BCUT2D eigenvalue weighted by molar-refractivity contribution is 6.91. The van der Waals surface area contributed by atoms with Crippen LogP contribution in [0.1, 0.15) is 0 Å². The molecule has 21 heavy (non-hydrogen) atoms. The van der Waals surface area contributed by atoms with Crippen molar-refractivity contribution in [2.45, 2.75) is 0 Å². The first-order valence-electron chi connectivity index (χ1n) is 7.06. The number of nitrogens with zero attached hydrogens (tertiary/aromatic N) is 1. The maximum Gasteiger partial charge on any atom is 0.407 e. The van der Waals surface area contributed by atoms with Crippen molar-refractivity contribution in [3.05, 3.63) is 79.0 Å². The summed E-state index contributed by atoms with van der Waals surface area (Å²) >= 11 is 0. The summed E-state index contributed by atoms with van der Waals surface area (Å²) in [6.45, 7) is -2.51. The number of hydrogen-bond acceptors (Lipinski definition) is 1. The Balaban J connectivity index is 2.06. The molecule has 0 fully saturated rings. The second kappa shape index (κ2) is 4.45. The summed E-state index contributed by atoms with van der Waals surface area (Å²) < 4.78 is 18.0. The van der Waals surface area contributed by atoms with Gasteiger partial charge in [-0.2, -0.15) is 0 Å². The summed E-state index contributed by atoms with van der Waals surface area (Å²) in [4.78, 5) is 0. The zero-order chi connectivity index (χ0) is 14.3. The molecule has 1 atom stereocenters. The lowest BCUT2D eigenvalue weighted by molar-refractivity contribution is -0.535. The first-order valence-corrected chi connectivity index (χ1v) is 7.06. The molecule has 1 aromatic heterocycles. The summed E-state index contributed by atoms with van der Waals surface area (Å²) in [6.07, 6.45) is 1.80. The number of anilines is 2. The standard InChI is InChI=1S/C17H14BFN2/c19-18(14-8-2-1-3-9-14)15-10-4-5-11-16(15)20-17-12-6-7-13-21(17)18/h1-13,20H/t18-/m0/s1. The van der Waals surface area contributed by atoms with Gasteiger partial charge in [-0.15, -0.1) is 5.46 Å². The van der Waals surface area contributed by atoms with E-state index in [9.17, 15) is 0 Å². The lowest BCUT2D eigenvalue weighted by Gasteiger charge is -2.37. The van der Waals surface area contributed by atoms with Crippen molar-refractivity contribution in [1.82, 2.24) is 0 Å². The summed E-state index contributed by atoms with van der Waals surface area (Å²) in [5.41, 5.74) is 2.20. The minimum absolute atomic E-state index is 0.684. The van der Waals surface area contributed by atoms with Crippen molar-refractivity contribution in [2.75, 3.05) is 5.32 Å². The third kappa shape index (κ3) is 1.69. The monoisotopic (exact) mass is 276 g/mol.